The van der Waals surface area contributed by atoms with Crippen LogP contribution in [0.5, 0.6) is 11.5 Å². The van der Waals surface area contributed by atoms with E-state index in [1.807, 2.05) is 36.4 Å². The molecule has 0 atom stereocenters. The number of hydrogen-bond acceptors (Lipinski definition) is 5. The van der Waals surface area contributed by atoms with Gasteiger partial charge in [-0.15, -0.1) is 0 Å². The van der Waals surface area contributed by atoms with E-state index in [-0.39, 0.29) is 5.91 Å². The van der Waals surface area contributed by atoms with Crippen LogP contribution in [0.2, 0.25) is 5.02 Å². The van der Waals surface area contributed by atoms with E-state index in [0.29, 0.717) is 27.8 Å². The second-order valence-corrected chi connectivity index (χ2v) is 8.89. The highest BCUT2D eigenvalue weighted by atomic mass is 35.5. The van der Waals surface area contributed by atoms with Crippen molar-refractivity contribution in [2.45, 2.75) is 25.7 Å². The van der Waals surface area contributed by atoms with Crippen molar-refractivity contribution in [1.29, 1.82) is 0 Å². The monoisotopic (exact) mass is 487 g/mol. The van der Waals surface area contributed by atoms with Crippen LogP contribution in [0.4, 0.5) is 17.1 Å². The Kier molecular flexibility index (Phi) is 6.47. The summed E-state index contributed by atoms with van der Waals surface area (Å²) in [5.41, 5.74) is 6.22. The van der Waals surface area contributed by atoms with Crippen LogP contribution >= 0.6 is 11.6 Å². The number of fused-ring (bicyclic) bond motifs is 2. The molecule has 1 aliphatic carbocycles. The first-order valence-corrected chi connectivity index (χ1v) is 12.0. The molecule has 2 N–H and O–H groups in total. The summed E-state index contributed by atoms with van der Waals surface area (Å²) in [6.45, 7) is 0. The Morgan fingerprint density at radius 2 is 1.69 bits per heavy atom. The molecule has 35 heavy (non-hydrogen) atoms. The number of methoxy groups -OCH3 is 2. The van der Waals surface area contributed by atoms with Crippen LogP contribution in [0, 0.1) is 0 Å². The molecule has 0 fully saturated rings. The number of ether oxygens (including phenoxy) is 2. The number of hydrogen-bond donors (Lipinski definition) is 2. The van der Waals surface area contributed by atoms with Gasteiger partial charge in [-0.05, 0) is 73.7 Å². The van der Waals surface area contributed by atoms with Crippen molar-refractivity contribution < 1.29 is 14.3 Å². The number of benzene rings is 3. The average molecular weight is 488 g/mol. The summed E-state index contributed by atoms with van der Waals surface area (Å²) in [4.78, 5) is 17.8. The van der Waals surface area contributed by atoms with Crippen LogP contribution in [-0.4, -0.2) is 25.1 Å². The number of amides is 1. The first-order chi connectivity index (χ1) is 17.1. The van der Waals surface area contributed by atoms with Crippen molar-refractivity contribution in [3.05, 3.63) is 82.5 Å². The van der Waals surface area contributed by atoms with Crippen molar-refractivity contribution in [2.24, 2.45) is 0 Å². The fraction of sp³-hybridized carbons (Fsp3) is 0.214. The van der Waals surface area contributed by atoms with Gasteiger partial charge in [-0.25, -0.2) is 0 Å². The fourth-order valence-corrected chi connectivity index (χ4v) is 4.77. The molecule has 1 aliphatic rings. The summed E-state index contributed by atoms with van der Waals surface area (Å²) >= 11 is 6.22. The Balaban J connectivity index is 1.57. The Hall–Kier alpha value is -3.77. The van der Waals surface area contributed by atoms with Crippen LogP contribution in [0.15, 0.2) is 60.7 Å². The lowest BCUT2D eigenvalue weighted by atomic mass is 9.92. The maximum absolute atomic E-state index is 12.9. The van der Waals surface area contributed by atoms with Gasteiger partial charge in [0.15, 0.2) is 11.5 Å². The standard InChI is InChI=1S/C28H26ClN3O3/c1-34-25-14-12-18(16-26(25)35-2)30-27-20-8-4-6-10-23(20)32-24-13-11-17(15-21(24)27)31-28(33)19-7-3-5-9-22(19)29/h3,5,7,9,11-16H,4,6,8,10H2,1-2H3,(H,30,32)(H,31,33). The number of anilines is 3. The average Bonchev–Trinajstić information content (AvgIpc) is 2.88. The van der Waals surface area contributed by atoms with Crippen LogP contribution in [0.25, 0.3) is 10.9 Å². The highest BCUT2D eigenvalue weighted by Gasteiger charge is 2.20. The lowest BCUT2D eigenvalue weighted by Crippen LogP contribution is -2.13. The predicted molar refractivity (Wildman–Crippen MR) is 141 cm³/mol. The molecule has 6 nitrogen and oxygen atoms in total. The number of carbonyl (C=O) groups is 1. The number of pyridine rings is 1. The molecule has 1 amide bonds. The number of aryl methyl sites for hydroxylation is 1. The van der Waals surface area contributed by atoms with E-state index < -0.39 is 0 Å². The largest absolute Gasteiger partial charge is 0.493 e. The van der Waals surface area contributed by atoms with E-state index in [4.69, 9.17) is 26.1 Å². The third kappa shape index (κ3) is 4.62. The zero-order valence-electron chi connectivity index (χ0n) is 19.7. The zero-order valence-corrected chi connectivity index (χ0v) is 20.4. The van der Waals surface area contributed by atoms with E-state index >= 15 is 0 Å². The third-order valence-corrected chi connectivity index (χ3v) is 6.62. The van der Waals surface area contributed by atoms with Crippen molar-refractivity contribution in [2.75, 3.05) is 24.9 Å². The van der Waals surface area contributed by atoms with Gasteiger partial charge in [-0.2, -0.15) is 0 Å². The van der Waals surface area contributed by atoms with Gasteiger partial charge in [0.2, 0.25) is 0 Å². The molecule has 178 valence electrons. The molecule has 0 aliphatic heterocycles. The smallest absolute Gasteiger partial charge is 0.257 e. The topological polar surface area (TPSA) is 72.5 Å². The summed E-state index contributed by atoms with van der Waals surface area (Å²) in [5, 5.41) is 7.95. The van der Waals surface area contributed by atoms with Crippen molar-refractivity contribution >= 4 is 45.5 Å². The summed E-state index contributed by atoms with van der Waals surface area (Å²) in [6, 6.07) is 18.6. The second kappa shape index (κ2) is 9.84. The summed E-state index contributed by atoms with van der Waals surface area (Å²) in [7, 11) is 3.25. The molecule has 1 aromatic heterocycles. The summed E-state index contributed by atoms with van der Waals surface area (Å²) in [5.74, 6) is 1.07. The highest BCUT2D eigenvalue weighted by molar-refractivity contribution is 6.34. The van der Waals surface area contributed by atoms with E-state index in [1.165, 1.54) is 5.56 Å². The molecule has 1 heterocycles. The fourth-order valence-electron chi connectivity index (χ4n) is 4.55. The Bertz CT molecular complexity index is 1420. The lowest BCUT2D eigenvalue weighted by Gasteiger charge is -2.22. The second-order valence-electron chi connectivity index (χ2n) is 8.48. The molecule has 5 rings (SSSR count). The van der Waals surface area contributed by atoms with Gasteiger partial charge in [-0.3, -0.25) is 9.78 Å². The number of nitrogens with one attached hydrogen (secondary N) is 2. The minimum Gasteiger partial charge on any atom is -0.493 e. The molecule has 0 saturated carbocycles. The molecule has 3 aromatic carbocycles. The number of halogens is 1. The zero-order chi connectivity index (χ0) is 24.4. The lowest BCUT2D eigenvalue weighted by molar-refractivity contribution is 0.102. The molecule has 7 heteroatoms. The van der Waals surface area contributed by atoms with Crippen molar-refractivity contribution in [1.82, 2.24) is 4.98 Å². The first kappa shape index (κ1) is 23.0. The van der Waals surface area contributed by atoms with Gasteiger partial charge < -0.3 is 20.1 Å². The predicted octanol–water partition coefficient (Wildman–Crippen LogP) is 6.78. The molecular weight excluding hydrogens is 462 g/mol. The van der Waals surface area contributed by atoms with Gasteiger partial charge >= 0.3 is 0 Å². The van der Waals surface area contributed by atoms with Crippen LogP contribution in [0.1, 0.15) is 34.5 Å². The molecule has 0 unspecified atom stereocenters. The minimum absolute atomic E-state index is 0.254. The third-order valence-electron chi connectivity index (χ3n) is 6.29. The van der Waals surface area contributed by atoms with Crippen LogP contribution < -0.4 is 20.1 Å². The van der Waals surface area contributed by atoms with E-state index in [9.17, 15) is 4.79 Å². The van der Waals surface area contributed by atoms with E-state index in [2.05, 4.69) is 10.6 Å². The quantitative estimate of drug-likeness (QED) is 0.313. The Morgan fingerprint density at radius 3 is 2.49 bits per heavy atom. The molecule has 0 bridgehead atoms. The van der Waals surface area contributed by atoms with E-state index in [1.54, 1.807) is 38.5 Å². The maximum Gasteiger partial charge on any atom is 0.257 e. The van der Waals surface area contributed by atoms with Gasteiger partial charge in [0.1, 0.15) is 0 Å². The number of rotatable bonds is 6. The molecule has 0 saturated heterocycles. The van der Waals surface area contributed by atoms with Crippen molar-refractivity contribution in [3.63, 3.8) is 0 Å². The molecule has 0 radical (unpaired) electrons. The molecule has 4 aromatic rings. The summed E-state index contributed by atoms with van der Waals surface area (Å²) < 4.78 is 10.9. The molecule has 0 spiro atoms. The van der Waals surface area contributed by atoms with Gasteiger partial charge in [0, 0.05) is 28.5 Å². The number of carbonyl (C=O) groups excluding carboxylic acids is 1. The highest BCUT2D eigenvalue weighted by Crippen LogP contribution is 2.38. The normalized spacial score (nSPS) is 12.7. The number of nitrogens with zero attached hydrogens (tertiary/aromatic N) is 1. The molecular formula is C28H26ClN3O3. The first-order valence-electron chi connectivity index (χ1n) is 11.6. The Morgan fingerprint density at radius 1 is 0.914 bits per heavy atom. The van der Waals surface area contributed by atoms with E-state index in [0.717, 1.165) is 53.7 Å². The minimum atomic E-state index is -0.254. The van der Waals surface area contributed by atoms with Gasteiger partial charge in [0.25, 0.3) is 5.91 Å². The van der Waals surface area contributed by atoms with Gasteiger partial charge in [0.05, 0.1) is 36.0 Å². The number of aromatic nitrogens is 1. The van der Waals surface area contributed by atoms with Crippen LogP contribution in [-0.2, 0) is 12.8 Å². The SMILES string of the molecule is COc1ccc(Nc2c3c(nc4ccc(NC(=O)c5ccccc5Cl)cc24)CCCC3)cc1OC. The Labute approximate surface area is 209 Å². The van der Waals surface area contributed by atoms with Gasteiger partial charge in [-0.1, -0.05) is 23.7 Å². The van der Waals surface area contributed by atoms with Crippen molar-refractivity contribution in [3.8, 4) is 11.5 Å². The summed E-state index contributed by atoms with van der Waals surface area (Å²) in [6.07, 6.45) is 4.15. The maximum atomic E-state index is 12.9. The van der Waals surface area contributed by atoms with Crippen LogP contribution in [0.3, 0.4) is 0 Å².